The smallest absolute Gasteiger partial charge is 0.220 e. The average molecular weight is 263 g/mol. The summed E-state index contributed by atoms with van der Waals surface area (Å²) in [5.74, 6) is 0.0772. The quantitative estimate of drug-likeness (QED) is 0.792. The summed E-state index contributed by atoms with van der Waals surface area (Å²) in [5, 5.41) is 2.91. The Morgan fingerprint density at radius 1 is 1.37 bits per heavy atom. The molecule has 0 aliphatic carbocycles. The van der Waals surface area contributed by atoms with E-state index in [0.717, 1.165) is 24.2 Å². The van der Waals surface area contributed by atoms with Crippen LogP contribution in [0, 0.1) is 12.3 Å². The van der Waals surface area contributed by atoms with E-state index < -0.39 is 0 Å². The SMILES string of the molecule is Cc1cccc(CNC(=O)CCC(C)(C)CCN)n1. The van der Waals surface area contributed by atoms with Gasteiger partial charge in [-0.1, -0.05) is 19.9 Å². The molecule has 0 fully saturated rings. The standard InChI is InChI=1S/C15H25N3O/c1-12-5-4-6-13(18-12)11-17-14(19)7-8-15(2,3)9-10-16/h4-6H,7-11,16H2,1-3H3,(H,17,19). The topological polar surface area (TPSA) is 68.0 Å². The molecule has 4 heteroatoms. The lowest BCUT2D eigenvalue weighted by Gasteiger charge is -2.23. The molecule has 0 aliphatic heterocycles. The molecule has 0 atom stereocenters. The molecular weight excluding hydrogens is 238 g/mol. The van der Waals surface area contributed by atoms with Crippen molar-refractivity contribution >= 4 is 5.91 Å². The van der Waals surface area contributed by atoms with Crippen LogP contribution in [0.15, 0.2) is 18.2 Å². The van der Waals surface area contributed by atoms with E-state index >= 15 is 0 Å². The molecule has 4 nitrogen and oxygen atoms in total. The van der Waals surface area contributed by atoms with E-state index in [1.165, 1.54) is 0 Å². The number of aryl methyl sites for hydroxylation is 1. The molecular formula is C15H25N3O. The number of carbonyl (C=O) groups excluding carboxylic acids is 1. The molecule has 19 heavy (non-hydrogen) atoms. The molecule has 0 bridgehead atoms. The Morgan fingerprint density at radius 3 is 2.74 bits per heavy atom. The van der Waals surface area contributed by atoms with Crippen LogP contribution in [0.3, 0.4) is 0 Å². The Kier molecular flexibility index (Phi) is 5.96. The van der Waals surface area contributed by atoms with Crippen LogP contribution in [0.1, 0.15) is 44.5 Å². The van der Waals surface area contributed by atoms with Crippen LogP contribution in [0.4, 0.5) is 0 Å². The highest BCUT2D eigenvalue weighted by Crippen LogP contribution is 2.25. The number of aromatic nitrogens is 1. The lowest BCUT2D eigenvalue weighted by molar-refractivity contribution is -0.121. The summed E-state index contributed by atoms with van der Waals surface area (Å²) in [6.07, 6.45) is 2.34. The third-order valence-electron chi connectivity index (χ3n) is 3.26. The van der Waals surface area contributed by atoms with Crippen LogP contribution in [0.25, 0.3) is 0 Å². The fraction of sp³-hybridized carbons (Fsp3) is 0.600. The molecule has 1 amide bonds. The second-order valence-electron chi connectivity index (χ2n) is 5.75. The highest BCUT2D eigenvalue weighted by atomic mass is 16.1. The van der Waals surface area contributed by atoms with Crippen LogP contribution >= 0.6 is 0 Å². The molecule has 0 saturated heterocycles. The Balaban J connectivity index is 2.32. The Labute approximate surface area is 115 Å². The minimum atomic E-state index is 0.0772. The van der Waals surface area contributed by atoms with Crippen molar-refractivity contribution in [3.8, 4) is 0 Å². The van der Waals surface area contributed by atoms with Crippen molar-refractivity contribution < 1.29 is 4.79 Å². The molecule has 1 heterocycles. The van der Waals surface area contributed by atoms with E-state index in [4.69, 9.17) is 5.73 Å². The summed E-state index contributed by atoms with van der Waals surface area (Å²) >= 11 is 0. The van der Waals surface area contributed by atoms with Crippen molar-refractivity contribution in [3.05, 3.63) is 29.6 Å². The first-order valence-electron chi connectivity index (χ1n) is 6.82. The molecule has 0 aromatic carbocycles. The number of hydrogen-bond donors (Lipinski definition) is 2. The number of amides is 1. The van der Waals surface area contributed by atoms with Gasteiger partial charge >= 0.3 is 0 Å². The maximum atomic E-state index is 11.8. The maximum absolute atomic E-state index is 11.8. The number of pyridine rings is 1. The monoisotopic (exact) mass is 263 g/mol. The van der Waals surface area contributed by atoms with Gasteiger partial charge in [0.15, 0.2) is 0 Å². The van der Waals surface area contributed by atoms with Crippen LogP contribution in [-0.2, 0) is 11.3 Å². The second-order valence-corrected chi connectivity index (χ2v) is 5.75. The van der Waals surface area contributed by atoms with Gasteiger partial charge in [-0.05, 0) is 43.9 Å². The van der Waals surface area contributed by atoms with Gasteiger partial charge in [0.1, 0.15) is 0 Å². The molecule has 0 unspecified atom stereocenters. The van der Waals surface area contributed by atoms with Gasteiger partial charge in [-0.2, -0.15) is 0 Å². The lowest BCUT2D eigenvalue weighted by Crippen LogP contribution is -2.26. The molecule has 0 saturated carbocycles. The lowest BCUT2D eigenvalue weighted by atomic mass is 9.84. The van der Waals surface area contributed by atoms with Crippen LogP contribution in [0.5, 0.6) is 0 Å². The largest absolute Gasteiger partial charge is 0.350 e. The summed E-state index contributed by atoms with van der Waals surface area (Å²) in [6.45, 7) is 7.41. The fourth-order valence-corrected chi connectivity index (χ4v) is 1.94. The minimum absolute atomic E-state index is 0.0772. The van der Waals surface area contributed by atoms with Gasteiger partial charge in [0.05, 0.1) is 12.2 Å². The van der Waals surface area contributed by atoms with Gasteiger partial charge in [0.2, 0.25) is 5.91 Å². The number of hydrogen-bond acceptors (Lipinski definition) is 3. The molecule has 0 radical (unpaired) electrons. The van der Waals surface area contributed by atoms with Gasteiger partial charge in [-0.25, -0.2) is 0 Å². The number of carbonyl (C=O) groups is 1. The molecule has 0 spiro atoms. The molecule has 1 aromatic rings. The predicted molar refractivity (Wildman–Crippen MR) is 77.5 cm³/mol. The molecule has 0 aliphatic rings. The Morgan fingerprint density at radius 2 is 2.11 bits per heavy atom. The first-order valence-corrected chi connectivity index (χ1v) is 6.82. The maximum Gasteiger partial charge on any atom is 0.220 e. The van der Waals surface area contributed by atoms with Gasteiger partial charge in [0, 0.05) is 12.1 Å². The van der Waals surface area contributed by atoms with E-state index in [0.29, 0.717) is 19.5 Å². The first kappa shape index (κ1) is 15.6. The van der Waals surface area contributed by atoms with Crippen molar-refractivity contribution in [3.63, 3.8) is 0 Å². The zero-order chi connectivity index (χ0) is 14.3. The highest BCUT2D eigenvalue weighted by molar-refractivity contribution is 5.75. The van der Waals surface area contributed by atoms with Crippen LogP contribution < -0.4 is 11.1 Å². The minimum Gasteiger partial charge on any atom is -0.350 e. The predicted octanol–water partition coefficient (Wildman–Crippen LogP) is 2.16. The normalized spacial score (nSPS) is 11.4. The molecule has 3 N–H and O–H groups in total. The number of rotatable bonds is 7. The van der Waals surface area contributed by atoms with Gasteiger partial charge in [0.25, 0.3) is 0 Å². The van der Waals surface area contributed by atoms with E-state index in [2.05, 4.69) is 24.1 Å². The molecule has 1 rings (SSSR count). The van der Waals surface area contributed by atoms with Crippen molar-refractivity contribution in [2.24, 2.45) is 11.1 Å². The third-order valence-corrected chi connectivity index (χ3v) is 3.26. The summed E-state index contributed by atoms with van der Waals surface area (Å²) < 4.78 is 0. The van der Waals surface area contributed by atoms with Crippen LogP contribution in [0.2, 0.25) is 0 Å². The number of nitrogens with one attached hydrogen (secondary N) is 1. The third kappa shape index (κ3) is 6.34. The van der Waals surface area contributed by atoms with Gasteiger partial charge in [-0.15, -0.1) is 0 Å². The van der Waals surface area contributed by atoms with Crippen molar-refractivity contribution in [2.45, 2.75) is 46.6 Å². The molecule has 106 valence electrons. The van der Waals surface area contributed by atoms with E-state index in [-0.39, 0.29) is 11.3 Å². The second kappa shape index (κ2) is 7.24. The summed E-state index contributed by atoms with van der Waals surface area (Å²) in [5.41, 5.74) is 7.56. The summed E-state index contributed by atoms with van der Waals surface area (Å²) in [4.78, 5) is 16.1. The van der Waals surface area contributed by atoms with E-state index in [1.807, 2.05) is 25.1 Å². The number of nitrogens with two attached hydrogens (primary N) is 1. The zero-order valence-corrected chi connectivity index (χ0v) is 12.2. The van der Waals surface area contributed by atoms with E-state index in [1.54, 1.807) is 0 Å². The molecule has 1 aromatic heterocycles. The van der Waals surface area contributed by atoms with Crippen LogP contribution in [-0.4, -0.2) is 17.4 Å². The van der Waals surface area contributed by atoms with Crippen molar-refractivity contribution in [2.75, 3.05) is 6.54 Å². The van der Waals surface area contributed by atoms with E-state index in [9.17, 15) is 4.79 Å². The fourth-order valence-electron chi connectivity index (χ4n) is 1.94. The highest BCUT2D eigenvalue weighted by Gasteiger charge is 2.18. The first-order chi connectivity index (χ1) is 8.93. The van der Waals surface area contributed by atoms with Gasteiger partial charge < -0.3 is 11.1 Å². The summed E-state index contributed by atoms with van der Waals surface area (Å²) in [6, 6.07) is 5.82. The van der Waals surface area contributed by atoms with Crippen molar-refractivity contribution in [1.82, 2.24) is 10.3 Å². The number of nitrogens with zero attached hydrogens (tertiary/aromatic N) is 1. The Hall–Kier alpha value is -1.42. The Bertz CT molecular complexity index is 416. The van der Waals surface area contributed by atoms with Crippen molar-refractivity contribution in [1.29, 1.82) is 0 Å². The average Bonchev–Trinajstić information content (AvgIpc) is 2.34. The summed E-state index contributed by atoms with van der Waals surface area (Å²) in [7, 11) is 0. The van der Waals surface area contributed by atoms with Gasteiger partial charge in [-0.3, -0.25) is 9.78 Å². The zero-order valence-electron chi connectivity index (χ0n) is 12.2.